The van der Waals surface area contributed by atoms with Gasteiger partial charge in [-0.05, 0) is 17.7 Å². The fourth-order valence-electron chi connectivity index (χ4n) is 2.29. The highest BCUT2D eigenvalue weighted by Gasteiger charge is 2.15. The Morgan fingerprint density at radius 1 is 1.42 bits per heavy atom. The van der Waals surface area contributed by atoms with Crippen molar-refractivity contribution in [3.8, 4) is 11.5 Å². The van der Waals surface area contributed by atoms with E-state index in [2.05, 4.69) is 20.6 Å². The number of nitrogens with one attached hydrogen (secondary N) is 2. The lowest BCUT2D eigenvalue weighted by Crippen LogP contribution is -2.39. The van der Waals surface area contributed by atoms with Gasteiger partial charge in [-0.15, -0.1) is 0 Å². The monoisotopic (exact) mass is 330 g/mol. The Morgan fingerprint density at radius 3 is 3.00 bits per heavy atom. The summed E-state index contributed by atoms with van der Waals surface area (Å²) in [6.45, 7) is 0.246. The summed E-state index contributed by atoms with van der Waals surface area (Å²) in [6.07, 6.45) is 2.45. The molecule has 0 radical (unpaired) electrons. The summed E-state index contributed by atoms with van der Waals surface area (Å²) in [6, 6.07) is 5.26. The third kappa shape index (κ3) is 3.40. The number of carbonyl (C=O) groups excluding carboxylic acids is 1. The van der Waals surface area contributed by atoms with Crippen molar-refractivity contribution in [2.24, 2.45) is 17.8 Å². The van der Waals surface area contributed by atoms with Crippen molar-refractivity contribution in [1.29, 1.82) is 0 Å². The van der Waals surface area contributed by atoms with Crippen LogP contribution in [0.2, 0.25) is 0 Å². The molecule has 9 heteroatoms. The summed E-state index contributed by atoms with van der Waals surface area (Å²) in [5, 5.41) is 5.01. The number of aliphatic imine (C=N–C) groups is 1. The lowest BCUT2D eigenvalue weighted by atomic mass is 10.1. The number of benzene rings is 1. The first-order valence-corrected chi connectivity index (χ1v) is 7.26. The van der Waals surface area contributed by atoms with E-state index >= 15 is 0 Å². The molecule has 126 valence electrons. The smallest absolute Gasteiger partial charge is 0.328 e. The number of fused-ring (bicyclic) bond motifs is 1. The van der Waals surface area contributed by atoms with Crippen molar-refractivity contribution in [3.05, 3.63) is 35.7 Å². The third-order valence-corrected chi connectivity index (χ3v) is 3.46. The van der Waals surface area contributed by atoms with Gasteiger partial charge >= 0.3 is 6.03 Å². The lowest BCUT2D eigenvalue weighted by Gasteiger charge is -2.05. The molecule has 0 saturated carbocycles. The molecule has 0 bridgehead atoms. The molecule has 2 aromatic rings. The van der Waals surface area contributed by atoms with Crippen LogP contribution in [0, 0.1) is 0 Å². The molecule has 2 amide bonds. The number of ether oxygens (including phenoxy) is 2. The Bertz CT molecular complexity index is 799. The van der Waals surface area contributed by atoms with E-state index in [1.807, 2.05) is 24.4 Å². The molecule has 9 nitrogen and oxygen atoms in total. The lowest BCUT2D eigenvalue weighted by molar-refractivity contribution is 0.174. The van der Waals surface area contributed by atoms with Gasteiger partial charge in [0, 0.05) is 26.7 Å². The van der Waals surface area contributed by atoms with Crippen molar-refractivity contribution in [1.82, 2.24) is 14.9 Å². The van der Waals surface area contributed by atoms with E-state index < -0.39 is 6.03 Å². The van der Waals surface area contributed by atoms with E-state index in [0.717, 1.165) is 22.8 Å². The minimum absolute atomic E-state index is 0.0299. The van der Waals surface area contributed by atoms with Crippen molar-refractivity contribution >= 4 is 17.9 Å². The first-order valence-electron chi connectivity index (χ1n) is 7.26. The molecule has 0 atom stereocenters. The van der Waals surface area contributed by atoms with Gasteiger partial charge in [-0.3, -0.25) is 15.6 Å². The third-order valence-electron chi connectivity index (χ3n) is 3.46. The number of aryl methyl sites for hydroxylation is 1. The van der Waals surface area contributed by atoms with Gasteiger partial charge in [-0.25, -0.2) is 9.78 Å². The van der Waals surface area contributed by atoms with Gasteiger partial charge in [0.1, 0.15) is 0 Å². The molecular formula is C15H18N6O3. The number of imidazole rings is 1. The number of amides is 2. The molecule has 1 aliphatic heterocycles. The Balaban J connectivity index is 1.69. The predicted octanol–water partition coefficient (Wildman–Crippen LogP) is 0.806. The number of urea groups is 1. The SMILES string of the molecule is CN=C(N)NC(=O)Nc1nc(Cc2ccc3c(c2)OCO3)cn1C. The van der Waals surface area contributed by atoms with E-state index in [1.165, 1.54) is 7.05 Å². The summed E-state index contributed by atoms with van der Waals surface area (Å²) >= 11 is 0. The van der Waals surface area contributed by atoms with Crippen LogP contribution in [0.3, 0.4) is 0 Å². The number of hydrogen-bond acceptors (Lipinski definition) is 5. The number of nitrogens with zero attached hydrogens (tertiary/aromatic N) is 3. The topological polar surface area (TPSA) is 116 Å². The summed E-state index contributed by atoms with van der Waals surface area (Å²) in [5.41, 5.74) is 7.29. The maximum atomic E-state index is 11.8. The average molecular weight is 330 g/mol. The molecule has 3 rings (SSSR count). The van der Waals surface area contributed by atoms with Crippen LogP contribution in [0.25, 0.3) is 0 Å². The number of hydrogen-bond donors (Lipinski definition) is 3. The molecule has 0 saturated heterocycles. The molecule has 0 fully saturated rings. The zero-order valence-electron chi connectivity index (χ0n) is 13.4. The minimum atomic E-state index is -0.499. The standard InChI is InChI=1S/C15H18N6O3/c1-17-13(16)19-15(22)20-14-18-10(7-21(14)2)5-9-3-4-11-12(6-9)24-8-23-11/h3-4,6-7H,5,8H2,1-2H3,(H4,16,17,18,19,20,22). The summed E-state index contributed by atoms with van der Waals surface area (Å²) in [5.74, 6) is 1.92. The molecular weight excluding hydrogens is 312 g/mol. The normalized spacial score (nSPS) is 13.0. The molecule has 4 N–H and O–H groups in total. The van der Waals surface area contributed by atoms with Gasteiger partial charge in [0.05, 0.1) is 5.69 Å². The molecule has 0 unspecified atom stereocenters. The Morgan fingerprint density at radius 2 is 2.21 bits per heavy atom. The predicted molar refractivity (Wildman–Crippen MR) is 88.3 cm³/mol. The maximum Gasteiger partial charge on any atom is 0.328 e. The first kappa shape index (κ1) is 15.7. The van der Waals surface area contributed by atoms with Crippen molar-refractivity contribution in [2.75, 3.05) is 19.2 Å². The molecule has 0 aliphatic carbocycles. The van der Waals surface area contributed by atoms with E-state index in [0.29, 0.717) is 12.4 Å². The van der Waals surface area contributed by atoms with Crippen LogP contribution in [-0.2, 0) is 13.5 Å². The van der Waals surface area contributed by atoms with Crippen LogP contribution in [0.4, 0.5) is 10.7 Å². The van der Waals surface area contributed by atoms with Crippen LogP contribution in [0.1, 0.15) is 11.3 Å². The Labute approximate surface area is 138 Å². The van der Waals surface area contributed by atoms with Gasteiger partial charge in [0.15, 0.2) is 17.5 Å². The van der Waals surface area contributed by atoms with Crippen molar-refractivity contribution in [3.63, 3.8) is 0 Å². The Hall–Kier alpha value is -3.23. The number of anilines is 1. The fraction of sp³-hybridized carbons (Fsp3) is 0.267. The van der Waals surface area contributed by atoms with E-state index in [4.69, 9.17) is 15.2 Å². The maximum absolute atomic E-state index is 11.8. The van der Waals surface area contributed by atoms with Crippen LogP contribution in [0.5, 0.6) is 11.5 Å². The minimum Gasteiger partial charge on any atom is -0.454 e. The summed E-state index contributed by atoms with van der Waals surface area (Å²) in [4.78, 5) is 19.8. The number of aromatic nitrogens is 2. The molecule has 1 aliphatic rings. The second-order valence-corrected chi connectivity index (χ2v) is 5.22. The number of rotatable bonds is 3. The number of carbonyl (C=O) groups is 1. The van der Waals surface area contributed by atoms with E-state index in [-0.39, 0.29) is 12.8 Å². The van der Waals surface area contributed by atoms with Crippen LogP contribution >= 0.6 is 0 Å². The highest BCUT2D eigenvalue weighted by atomic mass is 16.7. The average Bonchev–Trinajstić information content (AvgIpc) is 3.13. The zero-order valence-corrected chi connectivity index (χ0v) is 13.4. The van der Waals surface area contributed by atoms with Gasteiger partial charge in [-0.2, -0.15) is 0 Å². The van der Waals surface area contributed by atoms with Gasteiger partial charge in [0.25, 0.3) is 0 Å². The van der Waals surface area contributed by atoms with Crippen LogP contribution in [0.15, 0.2) is 29.4 Å². The number of nitrogens with two attached hydrogens (primary N) is 1. The van der Waals surface area contributed by atoms with Gasteiger partial charge < -0.3 is 19.8 Å². The highest BCUT2D eigenvalue weighted by molar-refractivity contribution is 6.01. The molecule has 0 spiro atoms. The van der Waals surface area contributed by atoms with Crippen molar-refractivity contribution in [2.45, 2.75) is 6.42 Å². The molecule has 1 aromatic heterocycles. The van der Waals surface area contributed by atoms with Crippen molar-refractivity contribution < 1.29 is 14.3 Å². The number of guanidine groups is 1. The van der Waals surface area contributed by atoms with Crippen LogP contribution < -0.4 is 25.8 Å². The molecule has 1 aromatic carbocycles. The van der Waals surface area contributed by atoms with E-state index in [9.17, 15) is 4.79 Å². The highest BCUT2D eigenvalue weighted by Crippen LogP contribution is 2.33. The largest absolute Gasteiger partial charge is 0.454 e. The zero-order chi connectivity index (χ0) is 17.1. The summed E-state index contributed by atoms with van der Waals surface area (Å²) in [7, 11) is 3.28. The first-order chi connectivity index (χ1) is 11.5. The second-order valence-electron chi connectivity index (χ2n) is 5.22. The van der Waals surface area contributed by atoms with Gasteiger partial charge in [0.2, 0.25) is 12.7 Å². The second kappa shape index (κ2) is 6.49. The quantitative estimate of drug-likeness (QED) is 0.569. The van der Waals surface area contributed by atoms with Crippen LogP contribution in [-0.4, -0.2) is 35.4 Å². The molecule has 2 heterocycles. The molecule has 24 heavy (non-hydrogen) atoms. The van der Waals surface area contributed by atoms with E-state index in [1.54, 1.807) is 11.6 Å². The Kier molecular flexibility index (Phi) is 4.23. The summed E-state index contributed by atoms with van der Waals surface area (Å²) < 4.78 is 12.4. The van der Waals surface area contributed by atoms with Gasteiger partial charge in [-0.1, -0.05) is 6.07 Å². The fourth-order valence-corrected chi connectivity index (χ4v) is 2.29.